The monoisotopic (exact) mass is 439 g/mol. The van der Waals surface area contributed by atoms with Gasteiger partial charge in [0.05, 0.1) is 10.7 Å². The smallest absolute Gasteiger partial charge is 0.281 e. The van der Waals surface area contributed by atoms with Gasteiger partial charge in [0, 0.05) is 10.9 Å². The van der Waals surface area contributed by atoms with Crippen LogP contribution in [0.5, 0.6) is 5.75 Å². The minimum Gasteiger partial charge on any atom is -0.481 e. The summed E-state index contributed by atoms with van der Waals surface area (Å²) in [4.78, 5) is 29.3. The maximum Gasteiger partial charge on any atom is 0.281 e. The third kappa shape index (κ3) is 5.81. The van der Waals surface area contributed by atoms with E-state index in [2.05, 4.69) is 45.6 Å². The molecule has 0 aliphatic heterocycles. The molecule has 2 amide bonds. The molecule has 26 heavy (non-hydrogen) atoms. The van der Waals surface area contributed by atoms with Crippen molar-refractivity contribution in [2.75, 3.05) is 0 Å². The number of nitrogens with zero attached hydrogens (tertiary/aromatic N) is 1. The number of hydrazine groups is 1. The average molecular weight is 440 g/mol. The first kappa shape index (κ1) is 20.4. The predicted octanol–water partition coefficient (Wildman–Crippen LogP) is 3.64. The Morgan fingerprint density at radius 3 is 2.65 bits per heavy atom. The lowest BCUT2D eigenvalue weighted by molar-refractivity contribution is -0.128. The lowest BCUT2D eigenvalue weighted by Crippen LogP contribution is -2.47. The zero-order valence-corrected chi connectivity index (χ0v) is 17.5. The van der Waals surface area contributed by atoms with E-state index in [9.17, 15) is 9.59 Å². The zero-order chi connectivity index (χ0) is 19.3. The van der Waals surface area contributed by atoms with Crippen molar-refractivity contribution in [2.45, 2.75) is 40.2 Å². The van der Waals surface area contributed by atoms with Gasteiger partial charge >= 0.3 is 0 Å². The topological polar surface area (TPSA) is 80.3 Å². The lowest BCUT2D eigenvalue weighted by atomic mass is 10.1. The molecule has 0 spiro atoms. The fourth-order valence-electron chi connectivity index (χ4n) is 2.17. The second-order valence-electron chi connectivity index (χ2n) is 6.28. The molecular weight excluding hydrogens is 418 g/mol. The first-order valence-corrected chi connectivity index (χ1v) is 9.86. The largest absolute Gasteiger partial charge is 0.481 e. The van der Waals surface area contributed by atoms with Gasteiger partial charge in [0.15, 0.2) is 6.10 Å². The van der Waals surface area contributed by atoms with Crippen LogP contribution < -0.4 is 15.6 Å². The first-order chi connectivity index (χ1) is 12.3. The molecule has 140 valence electrons. The van der Waals surface area contributed by atoms with Gasteiger partial charge in [0.1, 0.15) is 10.6 Å². The van der Waals surface area contributed by atoms with Crippen molar-refractivity contribution in [1.29, 1.82) is 0 Å². The van der Waals surface area contributed by atoms with Crippen molar-refractivity contribution in [1.82, 2.24) is 15.8 Å². The van der Waals surface area contributed by atoms with E-state index in [0.717, 1.165) is 15.9 Å². The Morgan fingerprint density at radius 2 is 2.00 bits per heavy atom. The number of carbonyl (C=O) groups is 2. The quantitative estimate of drug-likeness (QED) is 0.673. The van der Waals surface area contributed by atoms with Crippen LogP contribution in [0.15, 0.2) is 28.7 Å². The Balaban J connectivity index is 1.90. The third-order valence-corrected chi connectivity index (χ3v) is 5.08. The van der Waals surface area contributed by atoms with Crippen LogP contribution >= 0.6 is 27.3 Å². The highest BCUT2D eigenvalue weighted by atomic mass is 79.9. The van der Waals surface area contributed by atoms with E-state index in [1.54, 1.807) is 26.0 Å². The van der Waals surface area contributed by atoms with Crippen molar-refractivity contribution in [2.24, 2.45) is 5.92 Å². The number of hydrogen-bond acceptors (Lipinski definition) is 5. The molecule has 1 atom stereocenters. The Morgan fingerprint density at radius 1 is 1.27 bits per heavy atom. The van der Waals surface area contributed by atoms with Crippen LogP contribution in [-0.4, -0.2) is 22.9 Å². The van der Waals surface area contributed by atoms with Gasteiger partial charge in [-0.2, -0.15) is 0 Å². The van der Waals surface area contributed by atoms with Gasteiger partial charge in [-0.25, -0.2) is 4.98 Å². The van der Waals surface area contributed by atoms with E-state index in [1.807, 2.05) is 12.1 Å². The number of hydrogen-bond donors (Lipinski definition) is 2. The Kier molecular flexibility index (Phi) is 7.16. The molecule has 0 bridgehead atoms. The molecule has 0 aliphatic carbocycles. The number of aryl methyl sites for hydroxylation is 1. The van der Waals surface area contributed by atoms with Crippen LogP contribution in [0.3, 0.4) is 0 Å². The molecule has 0 radical (unpaired) electrons. The van der Waals surface area contributed by atoms with E-state index in [0.29, 0.717) is 22.2 Å². The fraction of sp³-hybridized carbons (Fsp3) is 0.389. The molecule has 6 nitrogen and oxygen atoms in total. The van der Waals surface area contributed by atoms with Crippen molar-refractivity contribution < 1.29 is 14.3 Å². The van der Waals surface area contributed by atoms with Crippen molar-refractivity contribution >= 4 is 39.1 Å². The summed E-state index contributed by atoms with van der Waals surface area (Å²) >= 11 is 4.70. The van der Waals surface area contributed by atoms with Gasteiger partial charge in [0.2, 0.25) is 0 Å². The Hall–Kier alpha value is -1.93. The highest BCUT2D eigenvalue weighted by molar-refractivity contribution is 9.10. The second-order valence-corrected chi connectivity index (χ2v) is 8.28. The van der Waals surface area contributed by atoms with E-state index in [-0.39, 0.29) is 5.91 Å². The Labute approximate surface area is 165 Å². The fourth-order valence-corrected chi connectivity index (χ4v) is 3.72. The third-order valence-electron chi connectivity index (χ3n) is 3.41. The summed E-state index contributed by atoms with van der Waals surface area (Å²) < 4.78 is 6.42. The summed E-state index contributed by atoms with van der Waals surface area (Å²) in [5.41, 5.74) is 5.49. The number of nitrogens with one attached hydrogen (secondary N) is 2. The predicted molar refractivity (Wildman–Crippen MR) is 105 cm³/mol. The van der Waals surface area contributed by atoms with Crippen molar-refractivity contribution in [3.05, 3.63) is 44.3 Å². The number of aromatic nitrogens is 1. The zero-order valence-electron chi connectivity index (χ0n) is 15.1. The van der Waals surface area contributed by atoms with E-state index in [4.69, 9.17) is 4.74 Å². The molecule has 1 aromatic carbocycles. The summed E-state index contributed by atoms with van der Waals surface area (Å²) in [6.45, 7) is 7.60. The maximum atomic E-state index is 12.3. The lowest BCUT2D eigenvalue weighted by Gasteiger charge is -2.15. The van der Waals surface area contributed by atoms with Gasteiger partial charge in [-0.05, 0) is 38.0 Å². The molecule has 2 aromatic rings. The minimum absolute atomic E-state index is 0.377. The molecule has 1 unspecified atom stereocenters. The van der Waals surface area contributed by atoms with Gasteiger partial charge < -0.3 is 4.74 Å². The van der Waals surface area contributed by atoms with E-state index in [1.165, 1.54) is 11.3 Å². The molecule has 1 aromatic heterocycles. The van der Waals surface area contributed by atoms with Gasteiger partial charge in [0.25, 0.3) is 11.8 Å². The standard InChI is InChI=1S/C18H22BrN3O3S/c1-10(2)8-15-20-11(3)16(26-15)18(24)22-21-17(23)12(4)25-14-7-5-6-13(19)9-14/h5-7,9-10,12H,8H2,1-4H3,(H,21,23)(H,22,24). The SMILES string of the molecule is Cc1nc(CC(C)C)sc1C(=O)NNC(=O)C(C)Oc1cccc(Br)c1. The highest BCUT2D eigenvalue weighted by Crippen LogP contribution is 2.21. The van der Waals surface area contributed by atoms with Crippen molar-refractivity contribution in [3.63, 3.8) is 0 Å². The molecule has 2 N–H and O–H groups in total. The maximum absolute atomic E-state index is 12.3. The molecule has 0 fully saturated rings. The summed E-state index contributed by atoms with van der Waals surface area (Å²) in [7, 11) is 0. The number of benzene rings is 1. The highest BCUT2D eigenvalue weighted by Gasteiger charge is 2.19. The second kappa shape index (κ2) is 9.14. The van der Waals surface area contributed by atoms with E-state index < -0.39 is 12.0 Å². The van der Waals surface area contributed by atoms with Crippen LogP contribution in [0.25, 0.3) is 0 Å². The molecule has 1 heterocycles. The number of rotatable bonds is 6. The first-order valence-electron chi connectivity index (χ1n) is 8.25. The van der Waals surface area contributed by atoms with Gasteiger partial charge in [-0.1, -0.05) is 35.8 Å². The molecule has 0 aliphatic rings. The minimum atomic E-state index is -0.761. The number of carbonyl (C=O) groups excluding carboxylic acids is 2. The van der Waals surface area contributed by atoms with Crippen LogP contribution in [0.2, 0.25) is 0 Å². The van der Waals surface area contributed by atoms with Crippen LogP contribution in [0, 0.1) is 12.8 Å². The average Bonchev–Trinajstić information content (AvgIpc) is 2.91. The summed E-state index contributed by atoms with van der Waals surface area (Å²) in [6.07, 6.45) is 0.0616. The number of halogens is 1. The van der Waals surface area contributed by atoms with Gasteiger partial charge in [-0.3, -0.25) is 20.4 Å². The van der Waals surface area contributed by atoms with Crippen LogP contribution in [0.1, 0.15) is 41.1 Å². The molecule has 0 saturated carbocycles. The van der Waals surface area contributed by atoms with E-state index >= 15 is 0 Å². The molecule has 0 saturated heterocycles. The van der Waals surface area contributed by atoms with Crippen LogP contribution in [-0.2, 0) is 11.2 Å². The Bertz CT molecular complexity index is 792. The normalized spacial score (nSPS) is 11.9. The number of amides is 2. The molecule has 8 heteroatoms. The molecule has 2 rings (SSSR count). The summed E-state index contributed by atoms with van der Waals surface area (Å²) in [5.74, 6) is 0.207. The molecular formula is C18H22BrN3O3S. The van der Waals surface area contributed by atoms with Crippen molar-refractivity contribution in [3.8, 4) is 5.75 Å². The summed E-state index contributed by atoms with van der Waals surface area (Å²) in [6, 6.07) is 7.19. The summed E-state index contributed by atoms with van der Waals surface area (Å²) in [5, 5.41) is 0.917. The number of ether oxygens (including phenoxy) is 1. The number of thiazole rings is 1. The van der Waals surface area contributed by atoms with Gasteiger partial charge in [-0.15, -0.1) is 11.3 Å². The van der Waals surface area contributed by atoms with Crippen LogP contribution in [0.4, 0.5) is 0 Å².